The van der Waals surface area contributed by atoms with Crippen LogP contribution in [-0.4, -0.2) is 26.9 Å². The number of ether oxygens (including phenoxy) is 1. The van der Waals surface area contributed by atoms with Crippen molar-refractivity contribution in [2.75, 3.05) is 12.4 Å². The standard InChI is InChI=1S/C8H15ClO3S/c1-8(2)3-4-12-7(5-8)6-13(9,10)11/h7H,3-6H2,1-2H3. The lowest BCUT2D eigenvalue weighted by Crippen LogP contribution is -2.34. The summed E-state index contributed by atoms with van der Waals surface area (Å²) >= 11 is 0. The van der Waals surface area contributed by atoms with E-state index in [9.17, 15) is 8.42 Å². The molecule has 0 aliphatic carbocycles. The molecule has 0 amide bonds. The quantitative estimate of drug-likeness (QED) is 0.674. The molecule has 0 aromatic carbocycles. The van der Waals surface area contributed by atoms with Gasteiger partial charge in [-0.3, -0.25) is 0 Å². The fourth-order valence-corrected chi connectivity index (χ4v) is 2.69. The third kappa shape index (κ3) is 4.29. The Morgan fingerprint density at radius 3 is 2.62 bits per heavy atom. The molecule has 3 nitrogen and oxygen atoms in total. The molecule has 5 heteroatoms. The van der Waals surface area contributed by atoms with Gasteiger partial charge in [0.2, 0.25) is 9.05 Å². The van der Waals surface area contributed by atoms with Crippen LogP contribution in [0.5, 0.6) is 0 Å². The summed E-state index contributed by atoms with van der Waals surface area (Å²) in [6, 6.07) is 0. The Balaban J connectivity index is 2.53. The lowest BCUT2D eigenvalue weighted by molar-refractivity contribution is -0.0232. The van der Waals surface area contributed by atoms with Gasteiger partial charge in [0.1, 0.15) is 0 Å². The second-order valence-corrected chi connectivity index (χ2v) is 7.14. The van der Waals surface area contributed by atoms with Crippen molar-refractivity contribution in [2.45, 2.75) is 32.8 Å². The average molecular weight is 227 g/mol. The first kappa shape index (κ1) is 11.3. The summed E-state index contributed by atoms with van der Waals surface area (Å²) in [6.45, 7) is 4.86. The van der Waals surface area contributed by atoms with E-state index in [4.69, 9.17) is 15.4 Å². The van der Waals surface area contributed by atoms with Crippen molar-refractivity contribution >= 4 is 19.7 Å². The fraction of sp³-hybridized carbons (Fsp3) is 1.00. The Kier molecular flexibility index (Phi) is 3.25. The van der Waals surface area contributed by atoms with Crippen molar-refractivity contribution in [1.29, 1.82) is 0 Å². The van der Waals surface area contributed by atoms with Crippen molar-refractivity contribution in [1.82, 2.24) is 0 Å². The Labute approximate surface area is 83.8 Å². The van der Waals surface area contributed by atoms with Crippen LogP contribution in [0.25, 0.3) is 0 Å². The van der Waals surface area contributed by atoms with E-state index in [1.165, 1.54) is 0 Å². The highest BCUT2D eigenvalue weighted by Crippen LogP contribution is 2.32. The van der Waals surface area contributed by atoms with E-state index in [2.05, 4.69) is 13.8 Å². The lowest BCUT2D eigenvalue weighted by atomic mass is 9.82. The zero-order chi connectivity index (χ0) is 10.1. The van der Waals surface area contributed by atoms with Gasteiger partial charge in [-0.05, 0) is 18.3 Å². The highest BCUT2D eigenvalue weighted by molar-refractivity contribution is 8.13. The van der Waals surface area contributed by atoms with Gasteiger partial charge < -0.3 is 4.74 Å². The second kappa shape index (κ2) is 3.75. The molecule has 0 saturated carbocycles. The van der Waals surface area contributed by atoms with Gasteiger partial charge in [0.15, 0.2) is 0 Å². The van der Waals surface area contributed by atoms with Gasteiger partial charge in [-0.1, -0.05) is 13.8 Å². The van der Waals surface area contributed by atoms with Crippen LogP contribution >= 0.6 is 10.7 Å². The maximum absolute atomic E-state index is 10.8. The molecule has 1 heterocycles. The van der Waals surface area contributed by atoms with E-state index in [0.717, 1.165) is 12.8 Å². The van der Waals surface area contributed by atoms with E-state index in [1.807, 2.05) is 0 Å². The summed E-state index contributed by atoms with van der Waals surface area (Å²) in [5.41, 5.74) is 0.171. The molecule has 0 N–H and O–H groups in total. The Bertz CT molecular complexity index is 271. The first-order chi connectivity index (χ1) is 5.79. The normalized spacial score (nSPS) is 28.7. The summed E-state index contributed by atoms with van der Waals surface area (Å²) in [4.78, 5) is 0. The predicted octanol–water partition coefficient (Wildman–Crippen LogP) is 1.76. The largest absolute Gasteiger partial charge is 0.377 e. The number of hydrogen-bond donors (Lipinski definition) is 0. The van der Waals surface area contributed by atoms with Gasteiger partial charge in [-0.15, -0.1) is 0 Å². The van der Waals surface area contributed by atoms with Gasteiger partial charge >= 0.3 is 0 Å². The van der Waals surface area contributed by atoms with Gasteiger partial charge in [0.25, 0.3) is 0 Å². The van der Waals surface area contributed by atoms with Crippen LogP contribution in [0.3, 0.4) is 0 Å². The molecule has 1 atom stereocenters. The molecule has 0 spiro atoms. The summed E-state index contributed by atoms with van der Waals surface area (Å²) in [5, 5.41) is 0. The molecule has 1 fully saturated rings. The van der Waals surface area contributed by atoms with Crippen molar-refractivity contribution < 1.29 is 13.2 Å². The van der Waals surface area contributed by atoms with E-state index >= 15 is 0 Å². The van der Waals surface area contributed by atoms with Crippen molar-refractivity contribution in [2.24, 2.45) is 5.41 Å². The molecule has 0 radical (unpaired) electrons. The molecule has 1 unspecified atom stereocenters. The second-order valence-electron chi connectivity index (χ2n) is 4.32. The lowest BCUT2D eigenvalue weighted by Gasteiger charge is -2.34. The minimum atomic E-state index is -3.43. The first-order valence-electron chi connectivity index (χ1n) is 4.32. The van der Waals surface area contributed by atoms with Crippen molar-refractivity contribution in [3.63, 3.8) is 0 Å². The molecule has 0 aromatic heterocycles. The van der Waals surface area contributed by atoms with Crippen LogP contribution in [0.1, 0.15) is 26.7 Å². The molecule has 0 aromatic rings. The van der Waals surface area contributed by atoms with Crippen LogP contribution in [0, 0.1) is 5.41 Å². The fourth-order valence-electron chi connectivity index (χ4n) is 1.61. The highest BCUT2D eigenvalue weighted by atomic mass is 35.7. The van der Waals surface area contributed by atoms with Gasteiger partial charge in [0, 0.05) is 17.3 Å². The zero-order valence-electron chi connectivity index (χ0n) is 7.92. The summed E-state index contributed by atoms with van der Waals surface area (Å²) in [6.07, 6.45) is 1.51. The van der Waals surface area contributed by atoms with Crippen molar-refractivity contribution in [3.8, 4) is 0 Å². The van der Waals surface area contributed by atoms with Crippen LogP contribution in [0.2, 0.25) is 0 Å². The Morgan fingerprint density at radius 1 is 1.54 bits per heavy atom. The number of hydrogen-bond acceptors (Lipinski definition) is 3. The third-order valence-electron chi connectivity index (χ3n) is 2.30. The van der Waals surface area contributed by atoms with Gasteiger partial charge in [-0.25, -0.2) is 8.42 Å². The van der Waals surface area contributed by atoms with Crippen LogP contribution in [0.4, 0.5) is 0 Å². The molecule has 13 heavy (non-hydrogen) atoms. The van der Waals surface area contributed by atoms with Crippen LogP contribution in [-0.2, 0) is 13.8 Å². The average Bonchev–Trinajstić information content (AvgIpc) is 1.79. The van der Waals surface area contributed by atoms with E-state index in [0.29, 0.717) is 6.61 Å². The van der Waals surface area contributed by atoms with E-state index in [-0.39, 0.29) is 17.3 Å². The molecular formula is C8H15ClO3S. The van der Waals surface area contributed by atoms with Crippen molar-refractivity contribution in [3.05, 3.63) is 0 Å². The SMILES string of the molecule is CC1(C)CCOC(CS(=O)(=O)Cl)C1. The number of rotatable bonds is 2. The molecule has 1 saturated heterocycles. The van der Waals surface area contributed by atoms with E-state index < -0.39 is 9.05 Å². The van der Waals surface area contributed by atoms with E-state index in [1.54, 1.807) is 0 Å². The summed E-state index contributed by atoms with van der Waals surface area (Å²) in [7, 11) is 1.73. The number of halogens is 1. The molecule has 1 aliphatic heterocycles. The maximum atomic E-state index is 10.8. The third-order valence-corrected chi connectivity index (χ3v) is 3.45. The molecule has 1 aliphatic rings. The summed E-state index contributed by atoms with van der Waals surface area (Å²) in [5.74, 6) is -0.0714. The Morgan fingerprint density at radius 2 is 2.15 bits per heavy atom. The topological polar surface area (TPSA) is 43.4 Å². The summed E-state index contributed by atoms with van der Waals surface area (Å²) < 4.78 is 26.9. The molecule has 1 rings (SSSR count). The first-order valence-corrected chi connectivity index (χ1v) is 6.80. The minimum Gasteiger partial charge on any atom is -0.377 e. The monoisotopic (exact) mass is 226 g/mol. The Hall–Kier alpha value is 0.200. The van der Waals surface area contributed by atoms with Crippen LogP contribution in [0.15, 0.2) is 0 Å². The molecular weight excluding hydrogens is 212 g/mol. The molecule has 0 bridgehead atoms. The minimum absolute atomic E-state index is 0.0714. The predicted molar refractivity (Wildman–Crippen MR) is 52.4 cm³/mol. The smallest absolute Gasteiger partial charge is 0.235 e. The zero-order valence-corrected chi connectivity index (χ0v) is 9.49. The molecule has 78 valence electrons. The van der Waals surface area contributed by atoms with Gasteiger partial charge in [0.05, 0.1) is 11.9 Å². The highest BCUT2D eigenvalue weighted by Gasteiger charge is 2.30. The van der Waals surface area contributed by atoms with Gasteiger partial charge in [-0.2, -0.15) is 0 Å². The van der Waals surface area contributed by atoms with Crippen LogP contribution < -0.4 is 0 Å². The maximum Gasteiger partial charge on any atom is 0.235 e.